The lowest BCUT2D eigenvalue weighted by Gasteiger charge is -2.21. The van der Waals surface area contributed by atoms with Gasteiger partial charge in [0.15, 0.2) is 0 Å². The van der Waals surface area contributed by atoms with Crippen LogP contribution in [0, 0.1) is 0 Å². The van der Waals surface area contributed by atoms with Gasteiger partial charge < -0.3 is 10.6 Å². The number of nitrogens with zero attached hydrogens (tertiary/aromatic N) is 2. The van der Waals surface area contributed by atoms with Gasteiger partial charge in [0.25, 0.3) is 0 Å². The van der Waals surface area contributed by atoms with Gasteiger partial charge in [0.2, 0.25) is 0 Å². The van der Waals surface area contributed by atoms with Gasteiger partial charge in [-0.05, 0) is 28.1 Å². The van der Waals surface area contributed by atoms with E-state index in [1.807, 2.05) is 12.1 Å². The monoisotopic (exact) mass is 299 g/mol. The summed E-state index contributed by atoms with van der Waals surface area (Å²) in [5, 5.41) is 0. The van der Waals surface area contributed by atoms with Crippen molar-refractivity contribution >= 4 is 39.1 Å². The van der Waals surface area contributed by atoms with E-state index in [1.54, 1.807) is 22.3 Å². The highest BCUT2D eigenvalue weighted by Crippen LogP contribution is 2.33. The normalized spacial score (nSPS) is 20.1. The second-order valence-corrected chi connectivity index (χ2v) is 5.80. The smallest absolute Gasteiger partial charge is 0.346 e. The summed E-state index contributed by atoms with van der Waals surface area (Å²) < 4.78 is 1.01. The molecule has 16 heavy (non-hydrogen) atoms. The lowest BCUT2D eigenvalue weighted by atomic mass is 10.2. The first-order valence-corrected chi connectivity index (χ1v) is 6.25. The molecule has 1 aromatic heterocycles. The molecule has 0 bridgehead atoms. The van der Waals surface area contributed by atoms with E-state index in [0.717, 1.165) is 8.66 Å². The molecule has 0 fully saturated rings. The van der Waals surface area contributed by atoms with E-state index in [2.05, 4.69) is 27.5 Å². The molecule has 4 nitrogen and oxygen atoms in total. The van der Waals surface area contributed by atoms with E-state index in [1.165, 1.54) is 0 Å². The third-order valence-electron chi connectivity index (χ3n) is 2.25. The first-order valence-electron chi connectivity index (χ1n) is 4.64. The van der Waals surface area contributed by atoms with E-state index in [4.69, 9.17) is 5.73 Å². The van der Waals surface area contributed by atoms with E-state index < -0.39 is 0 Å². The Bertz CT molecular complexity index is 468. The van der Waals surface area contributed by atoms with Crippen LogP contribution in [0.5, 0.6) is 0 Å². The average Bonchev–Trinajstić information content (AvgIpc) is 2.73. The van der Waals surface area contributed by atoms with Crippen molar-refractivity contribution in [2.75, 3.05) is 6.54 Å². The highest BCUT2D eigenvalue weighted by molar-refractivity contribution is 9.11. The van der Waals surface area contributed by atoms with E-state index in [-0.39, 0.29) is 12.1 Å². The van der Waals surface area contributed by atoms with Crippen molar-refractivity contribution in [1.82, 2.24) is 4.90 Å². The number of amides is 2. The molecule has 1 atom stereocenters. The predicted octanol–water partition coefficient (Wildman–Crippen LogP) is 2.53. The molecule has 0 saturated carbocycles. The Morgan fingerprint density at radius 1 is 1.69 bits per heavy atom. The fourth-order valence-corrected chi connectivity index (χ4v) is 3.15. The molecule has 1 unspecified atom stereocenters. The van der Waals surface area contributed by atoms with Gasteiger partial charge in [-0.3, -0.25) is 0 Å². The third kappa shape index (κ3) is 1.90. The van der Waals surface area contributed by atoms with E-state index in [0.29, 0.717) is 12.4 Å². The van der Waals surface area contributed by atoms with Crippen molar-refractivity contribution in [3.63, 3.8) is 0 Å². The zero-order chi connectivity index (χ0) is 11.7. The zero-order valence-corrected chi connectivity index (χ0v) is 10.8. The molecule has 1 aromatic rings. The molecule has 2 rings (SSSR count). The second-order valence-electron chi connectivity index (χ2n) is 3.30. The lowest BCUT2D eigenvalue weighted by molar-refractivity contribution is 0.213. The van der Waals surface area contributed by atoms with Gasteiger partial charge in [-0.25, -0.2) is 4.79 Å². The molecule has 1 aliphatic rings. The van der Waals surface area contributed by atoms with Crippen molar-refractivity contribution in [1.29, 1.82) is 0 Å². The van der Waals surface area contributed by atoms with Crippen molar-refractivity contribution in [3.05, 3.63) is 33.5 Å². The molecule has 2 heterocycles. The van der Waals surface area contributed by atoms with Crippen molar-refractivity contribution in [3.8, 4) is 0 Å². The van der Waals surface area contributed by atoms with Crippen LogP contribution in [0.25, 0.3) is 0 Å². The largest absolute Gasteiger partial charge is 0.385 e. The number of carbonyl (C=O) groups excluding carboxylic acids is 1. The summed E-state index contributed by atoms with van der Waals surface area (Å²) in [6, 6.07) is 3.33. The van der Waals surface area contributed by atoms with Gasteiger partial charge in [0, 0.05) is 11.4 Å². The number of aliphatic imine (C=N–C) groups is 1. The number of nitrogens with two attached hydrogens (primary N) is 1. The van der Waals surface area contributed by atoms with Crippen LogP contribution in [-0.4, -0.2) is 23.3 Å². The van der Waals surface area contributed by atoms with Crippen molar-refractivity contribution in [2.24, 2.45) is 10.7 Å². The maximum absolute atomic E-state index is 11.6. The molecule has 6 heteroatoms. The lowest BCUT2D eigenvalue weighted by Crippen LogP contribution is -2.32. The Hall–Kier alpha value is -1.14. The Kier molecular flexibility index (Phi) is 3.11. The summed E-state index contributed by atoms with van der Waals surface area (Å²) in [4.78, 5) is 17.9. The fourth-order valence-electron chi connectivity index (χ4n) is 1.60. The summed E-state index contributed by atoms with van der Waals surface area (Å²) in [7, 11) is 0. The van der Waals surface area contributed by atoms with Crippen LogP contribution in [0.1, 0.15) is 10.9 Å². The Balaban J connectivity index is 2.34. The molecule has 0 spiro atoms. The second kappa shape index (κ2) is 4.39. The van der Waals surface area contributed by atoms with Gasteiger partial charge in [-0.15, -0.1) is 17.9 Å². The molecule has 0 saturated heterocycles. The van der Waals surface area contributed by atoms with Crippen LogP contribution < -0.4 is 5.73 Å². The van der Waals surface area contributed by atoms with Gasteiger partial charge in [0.05, 0.1) is 3.79 Å². The molecule has 2 amide bonds. The number of hydrogen-bond acceptors (Lipinski definition) is 3. The number of carbonyl (C=O) groups is 1. The van der Waals surface area contributed by atoms with Gasteiger partial charge in [-0.2, -0.15) is 4.99 Å². The third-order valence-corrected chi connectivity index (χ3v) is 3.93. The first kappa shape index (κ1) is 11.3. The minimum absolute atomic E-state index is 0.248. The minimum Gasteiger partial charge on any atom is -0.385 e. The molecule has 84 valence electrons. The number of amidine groups is 1. The van der Waals surface area contributed by atoms with Crippen LogP contribution in [0.3, 0.4) is 0 Å². The van der Waals surface area contributed by atoms with Crippen molar-refractivity contribution < 1.29 is 4.79 Å². The number of hydrogen-bond donors (Lipinski definition) is 1. The van der Waals surface area contributed by atoms with Gasteiger partial charge in [0.1, 0.15) is 11.9 Å². The molecule has 0 radical (unpaired) electrons. The van der Waals surface area contributed by atoms with Gasteiger partial charge >= 0.3 is 6.03 Å². The molecular weight excluding hydrogens is 290 g/mol. The fraction of sp³-hybridized carbons (Fsp3) is 0.200. The Morgan fingerprint density at radius 3 is 3.00 bits per heavy atom. The highest BCUT2D eigenvalue weighted by Gasteiger charge is 2.34. The molecule has 1 aliphatic heterocycles. The maximum Gasteiger partial charge on any atom is 0.346 e. The molecule has 2 N–H and O–H groups in total. The number of urea groups is 1. The molecule has 0 aromatic carbocycles. The van der Waals surface area contributed by atoms with Crippen LogP contribution >= 0.6 is 27.3 Å². The minimum atomic E-state index is -0.299. The Labute approximate surface area is 106 Å². The Morgan fingerprint density at radius 2 is 2.44 bits per heavy atom. The van der Waals surface area contributed by atoms with Crippen LogP contribution in [0.2, 0.25) is 0 Å². The van der Waals surface area contributed by atoms with Crippen LogP contribution in [0.4, 0.5) is 4.79 Å². The summed E-state index contributed by atoms with van der Waals surface area (Å²) in [6.07, 6.45) is 1.67. The molecule has 0 aliphatic carbocycles. The summed E-state index contributed by atoms with van der Waals surface area (Å²) in [5.41, 5.74) is 5.78. The summed E-state index contributed by atoms with van der Waals surface area (Å²) in [6.45, 7) is 4.07. The summed E-state index contributed by atoms with van der Waals surface area (Å²) >= 11 is 4.94. The molecular formula is C10H10BrN3OS. The maximum atomic E-state index is 11.6. The van der Waals surface area contributed by atoms with Gasteiger partial charge in [-0.1, -0.05) is 6.08 Å². The summed E-state index contributed by atoms with van der Waals surface area (Å²) in [5.74, 6) is 0.348. The quantitative estimate of drug-likeness (QED) is 0.872. The standard InChI is InChI=1S/C10H10BrN3OS/c1-2-5-14-8(9(12)13-10(14)15)6-3-4-7(11)16-6/h2-4,8H,1,5H2,(H2,12,13,15). The van der Waals surface area contributed by atoms with Crippen LogP contribution in [0.15, 0.2) is 33.6 Å². The number of halogens is 1. The first-order chi connectivity index (χ1) is 7.63. The predicted molar refractivity (Wildman–Crippen MR) is 68.7 cm³/mol. The number of thiophene rings is 1. The average molecular weight is 300 g/mol. The topological polar surface area (TPSA) is 58.7 Å². The van der Waals surface area contributed by atoms with E-state index >= 15 is 0 Å². The van der Waals surface area contributed by atoms with Crippen molar-refractivity contribution in [2.45, 2.75) is 6.04 Å². The number of rotatable bonds is 3. The highest BCUT2D eigenvalue weighted by atomic mass is 79.9. The van der Waals surface area contributed by atoms with E-state index in [9.17, 15) is 4.79 Å². The van der Waals surface area contributed by atoms with Crippen LogP contribution in [-0.2, 0) is 0 Å². The zero-order valence-electron chi connectivity index (χ0n) is 8.39. The SMILES string of the molecule is C=CCN1C(=O)N=C(N)C1c1ccc(Br)s1.